The van der Waals surface area contributed by atoms with Crippen molar-refractivity contribution in [2.75, 3.05) is 13.0 Å². The molecule has 0 aromatic heterocycles. The smallest absolute Gasteiger partial charge is 0.122 e. The largest absolute Gasteiger partial charge is 0.496 e. The molecule has 0 saturated heterocycles. The lowest BCUT2D eigenvalue weighted by Crippen LogP contribution is -2.07. The van der Waals surface area contributed by atoms with E-state index in [0.29, 0.717) is 17.7 Å². The molecule has 0 heterocycles. The molecule has 96 valence electrons. The van der Waals surface area contributed by atoms with Crippen LogP contribution in [0.1, 0.15) is 42.9 Å². The molecule has 0 radical (unpaired) electrons. The molecule has 0 saturated carbocycles. The van der Waals surface area contributed by atoms with Gasteiger partial charge in [0.15, 0.2) is 0 Å². The number of benzene rings is 1. The molecular formula is C15H23ClO. The van der Waals surface area contributed by atoms with Gasteiger partial charge in [-0.3, -0.25) is 0 Å². The molecular weight excluding hydrogens is 232 g/mol. The average Bonchev–Trinajstić information content (AvgIpc) is 2.28. The molecule has 0 fully saturated rings. The maximum absolute atomic E-state index is 6.11. The quantitative estimate of drug-likeness (QED) is 0.694. The second-order valence-electron chi connectivity index (χ2n) is 5.16. The van der Waals surface area contributed by atoms with Crippen LogP contribution in [0, 0.1) is 19.8 Å². The SMILES string of the molecule is COc1cc(C)c(C)cc1C(CCl)CC(C)C. The van der Waals surface area contributed by atoms with Crippen LogP contribution in [0.5, 0.6) is 5.75 Å². The molecule has 1 nitrogen and oxygen atoms in total. The minimum absolute atomic E-state index is 0.380. The van der Waals surface area contributed by atoms with Gasteiger partial charge in [-0.15, -0.1) is 11.6 Å². The molecule has 0 N–H and O–H groups in total. The standard InChI is InChI=1S/C15H23ClO/c1-10(2)6-13(9-16)14-7-11(3)12(4)8-15(14)17-5/h7-8,10,13H,6,9H2,1-5H3. The lowest BCUT2D eigenvalue weighted by atomic mass is 9.89. The summed E-state index contributed by atoms with van der Waals surface area (Å²) in [5.74, 6) is 2.65. The lowest BCUT2D eigenvalue weighted by molar-refractivity contribution is 0.401. The van der Waals surface area contributed by atoms with Gasteiger partial charge in [0.1, 0.15) is 5.75 Å². The zero-order valence-electron chi connectivity index (χ0n) is 11.5. The van der Waals surface area contributed by atoms with Crippen molar-refractivity contribution in [2.45, 2.75) is 40.0 Å². The Bertz CT molecular complexity index is 371. The lowest BCUT2D eigenvalue weighted by Gasteiger charge is -2.21. The normalized spacial score (nSPS) is 12.9. The highest BCUT2D eigenvalue weighted by atomic mass is 35.5. The van der Waals surface area contributed by atoms with Crippen LogP contribution in [0.2, 0.25) is 0 Å². The van der Waals surface area contributed by atoms with Gasteiger partial charge in [0.05, 0.1) is 7.11 Å². The van der Waals surface area contributed by atoms with E-state index in [1.165, 1.54) is 16.7 Å². The highest BCUT2D eigenvalue weighted by Crippen LogP contribution is 2.34. The molecule has 2 heteroatoms. The van der Waals surface area contributed by atoms with E-state index < -0.39 is 0 Å². The van der Waals surface area contributed by atoms with Gasteiger partial charge in [-0.25, -0.2) is 0 Å². The molecule has 1 unspecified atom stereocenters. The van der Waals surface area contributed by atoms with Gasteiger partial charge in [-0.05, 0) is 48.9 Å². The van der Waals surface area contributed by atoms with Crippen LogP contribution in [-0.4, -0.2) is 13.0 Å². The molecule has 0 aliphatic rings. The zero-order valence-corrected chi connectivity index (χ0v) is 12.3. The van der Waals surface area contributed by atoms with Crippen molar-refractivity contribution in [2.24, 2.45) is 5.92 Å². The minimum atomic E-state index is 0.380. The Morgan fingerprint density at radius 2 is 1.76 bits per heavy atom. The summed E-state index contributed by atoms with van der Waals surface area (Å²) in [5.41, 5.74) is 3.82. The van der Waals surface area contributed by atoms with Gasteiger partial charge in [0, 0.05) is 11.8 Å². The summed E-state index contributed by atoms with van der Waals surface area (Å²) < 4.78 is 5.49. The number of halogens is 1. The molecule has 0 amide bonds. The van der Waals surface area contributed by atoms with Crippen molar-refractivity contribution in [1.82, 2.24) is 0 Å². The molecule has 1 aromatic rings. The summed E-state index contributed by atoms with van der Waals surface area (Å²) in [4.78, 5) is 0. The number of rotatable bonds is 5. The zero-order chi connectivity index (χ0) is 13.0. The summed E-state index contributed by atoms with van der Waals surface area (Å²) >= 11 is 6.11. The fourth-order valence-corrected chi connectivity index (χ4v) is 2.44. The van der Waals surface area contributed by atoms with Crippen molar-refractivity contribution < 1.29 is 4.74 Å². The predicted octanol–water partition coefficient (Wildman–Crippen LogP) is 4.68. The van der Waals surface area contributed by atoms with Crippen LogP contribution in [-0.2, 0) is 0 Å². The highest BCUT2D eigenvalue weighted by molar-refractivity contribution is 6.18. The monoisotopic (exact) mass is 254 g/mol. The van der Waals surface area contributed by atoms with Crippen LogP contribution in [0.3, 0.4) is 0 Å². The number of hydrogen-bond donors (Lipinski definition) is 0. The fraction of sp³-hybridized carbons (Fsp3) is 0.600. The molecule has 0 bridgehead atoms. The third-order valence-electron chi connectivity index (χ3n) is 3.23. The summed E-state index contributed by atoms with van der Waals surface area (Å²) in [5, 5.41) is 0. The number of aryl methyl sites for hydroxylation is 2. The third kappa shape index (κ3) is 3.64. The maximum Gasteiger partial charge on any atom is 0.122 e. The van der Waals surface area contributed by atoms with Crippen LogP contribution in [0.4, 0.5) is 0 Å². The third-order valence-corrected chi connectivity index (χ3v) is 3.60. The van der Waals surface area contributed by atoms with Gasteiger partial charge >= 0.3 is 0 Å². The van der Waals surface area contributed by atoms with Gasteiger partial charge in [-0.2, -0.15) is 0 Å². The Hall–Kier alpha value is -0.690. The molecule has 0 aliphatic carbocycles. The van der Waals surface area contributed by atoms with Crippen LogP contribution in [0.15, 0.2) is 12.1 Å². The Morgan fingerprint density at radius 3 is 2.24 bits per heavy atom. The van der Waals surface area contributed by atoms with Crippen molar-refractivity contribution in [1.29, 1.82) is 0 Å². The van der Waals surface area contributed by atoms with Gasteiger partial charge < -0.3 is 4.74 Å². The van der Waals surface area contributed by atoms with E-state index in [1.807, 2.05) is 0 Å². The predicted molar refractivity (Wildman–Crippen MR) is 75.4 cm³/mol. The topological polar surface area (TPSA) is 9.23 Å². The maximum atomic E-state index is 6.11. The Morgan fingerprint density at radius 1 is 1.18 bits per heavy atom. The summed E-state index contributed by atoms with van der Waals surface area (Å²) in [6.07, 6.45) is 1.10. The average molecular weight is 255 g/mol. The first-order chi connectivity index (χ1) is 7.99. The number of hydrogen-bond acceptors (Lipinski definition) is 1. The van der Waals surface area contributed by atoms with Crippen molar-refractivity contribution in [3.05, 3.63) is 28.8 Å². The summed E-state index contributed by atoms with van der Waals surface area (Å²) in [7, 11) is 1.73. The van der Waals surface area contributed by atoms with E-state index in [4.69, 9.17) is 16.3 Å². The van der Waals surface area contributed by atoms with E-state index in [9.17, 15) is 0 Å². The Balaban J connectivity index is 3.12. The molecule has 0 aliphatic heterocycles. The van der Waals surface area contributed by atoms with Crippen LogP contribution < -0.4 is 4.74 Å². The second kappa shape index (κ2) is 6.30. The minimum Gasteiger partial charge on any atom is -0.496 e. The van der Waals surface area contributed by atoms with Crippen molar-refractivity contribution >= 4 is 11.6 Å². The highest BCUT2D eigenvalue weighted by Gasteiger charge is 2.17. The molecule has 0 spiro atoms. The number of alkyl halides is 1. The Kier molecular flexibility index (Phi) is 5.32. The van der Waals surface area contributed by atoms with Crippen LogP contribution >= 0.6 is 11.6 Å². The van der Waals surface area contributed by atoms with Gasteiger partial charge in [0.2, 0.25) is 0 Å². The van der Waals surface area contributed by atoms with E-state index in [1.54, 1.807) is 7.11 Å². The number of methoxy groups -OCH3 is 1. The summed E-state index contributed by atoms with van der Waals surface area (Å²) in [6, 6.07) is 4.34. The first-order valence-electron chi connectivity index (χ1n) is 6.20. The fourth-order valence-electron chi connectivity index (χ4n) is 2.15. The Labute approximate surface area is 110 Å². The second-order valence-corrected chi connectivity index (χ2v) is 5.47. The van der Waals surface area contributed by atoms with E-state index in [0.717, 1.165) is 12.2 Å². The van der Waals surface area contributed by atoms with E-state index >= 15 is 0 Å². The first kappa shape index (κ1) is 14.4. The molecule has 17 heavy (non-hydrogen) atoms. The van der Waals surface area contributed by atoms with Crippen molar-refractivity contribution in [3.8, 4) is 5.75 Å². The van der Waals surface area contributed by atoms with Crippen molar-refractivity contribution in [3.63, 3.8) is 0 Å². The molecule has 1 aromatic carbocycles. The number of ether oxygens (including phenoxy) is 1. The first-order valence-corrected chi connectivity index (χ1v) is 6.74. The van der Waals surface area contributed by atoms with E-state index in [-0.39, 0.29) is 0 Å². The van der Waals surface area contributed by atoms with Crippen LogP contribution in [0.25, 0.3) is 0 Å². The molecule has 1 rings (SSSR count). The van der Waals surface area contributed by atoms with Gasteiger partial charge in [-0.1, -0.05) is 19.9 Å². The summed E-state index contributed by atoms with van der Waals surface area (Å²) in [6.45, 7) is 8.71. The van der Waals surface area contributed by atoms with Gasteiger partial charge in [0.25, 0.3) is 0 Å². The molecule has 1 atom stereocenters. The van der Waals surface area contributed by atoms with E-state index in [2.05, 4.69) is 39.8 Å².